The van der Waals surface area contributed by atoms with E-state index in [0.717, 1.165) is 22.2 Å². The molecule has 1 aromatic carbocycles. The van der Waals surface area contributed by atoms with E-state index in [0.29, 0.717) is 19.6 Å². The normalized spacial score (nSPS) is 11.3. The van der Waals surface area contributed by atoms with E-state index in [-0.39, 0.29) is 5.91 Å². The molecule has 122 valence electrons. The predicted octanol–water partition coefficient (Wildman–Crippen LogP) is 2.32. The highest BCUT2D eigenvalue weighted by atomic mass is 16.2. The zero-order valence-corrected chi connectivity index (χ0v) is 13.9. The van der Waals surface area contributed by atoms with E-state index in [2.05, 4.69) is 0 Å². The monoisotopic (exact) mass is 313 g/mol. The van der Waals surface area contributed by atoms with Crippen LogP contribution in [-0.2, 0) is 16.1 Å². The van der Waals surface area contributed by atoms with Crippen molar-refractivity contribution in [1.29, 1.82) is 0 Å². The minimum Gasteiger partial charge on any atom is -0.366 e. The molecule has 0 fully saturated rings. The maximum Gasteiger partial charge on any atom is 0.242 e. The molecule has 2 aromatic rings. The highest BCUT2D eigenvalue weighted by Crippen LogP contribution is 2.27. The number of carbonyl (C=O) groups is 2. The van der Waals surface area contributed by atoms with Crippen LogP contribution in [0.3, 0.4) is 0 Å². The number of carbonyl (C=O) groups excluding carboxylic acids is 2. The first-order chi connectivity index (χ1) is 11.0. The largest absolute Gasteiger partial charge is 0.366 e. The van der Waals surface area contributed by atoms with Crippen LogP contribution in [-0.4, -0.2) is 34.4 Å². The third-order valence-electron chi connectivity index (χ3n) is 4.10. The average Bonchev–Trinajstić information content (AvgIpc) is 2.79. The van der Waals surface area contributed by atoms with Crippen molar-refractivity contribution in [3.8, 4) is 0 Å². The van der Waals surface area contributed by atoms with Crippen molar-refractivity contribution in [2.24, 2.45) is 5.73 Å². The lowest BCUT2D eigenvalue weighted by molar-refractivity contribution is -0.131. The number of hydrogen-bond acceptors (Lipinski definition) is 2. The van der Waals surface area contributed by atoms with Gasteiger partial charge < -0.3 is 15.2 Å². The first kappa shape index (κ1) is 16.8. The Morgan fingerprint density at radius 3 is 2.48 bits per heavy atom. The number of benzene rings is 1. The molecule has 0 radical (unpaired) electrons. The third-order valence-corrected chi connectivity index (χ3v) is 4.10. The summed E-state index contributed by atoms with van der Waals surface area (Å²) in [5.41, 5.74) is 8.06. The molecular formula is C18H23N3O2. The van der Waals surface area contributed by atoms with E-state index in [9.17, 15) is 9.59 Å². The quantitative estimate of drug-likeness (QED) is 0.832. The number of amides is 2. The van der Waals surface area contributed by atoms with Gasteiger partial charge in [0.25, 0.3) is 0 Å². The molecule has 2 rings (SSSR count). The first-order valence-corrected chi connectivity index (χ1v) is 7.82. The summed E-state index contributed by atoms with van der Waals surface area (Å²) in [6.07, 6.45) is 3.07. The molecule has 0 bridgehead atoms. The van der Waals surface area contributed by atoms with Crippen molar-refractivity contribution in [3.05, 3.63) is 41.6 Å². The number of nitrogens with two attached hydrogens (primary N) is 1. The predicted molar refractivity (Wildman–Crippen MR) is 92.8 cm³/mol. The molecule has 0 aliphatic heterocycles. The van der Waals surface area contributed by atoms with Gasteiger partial charge in [-0.3, -0.25) is 9.59 Å². The summed E-state index contributed by atoms with van der Waals surface area (Å²) in [5.74, 6) is -0.398. The first-order valence-electron chi connectivity index (χ1n) is 7.82. The number of para-hydroxylation sites is 1. The Morgan fingerprint density at radius 1 is 1.22 bits per heavy atom. The van der Waals surface area contributed by atoms with E-state index in [1.54, 1.807) is 6.08 Å². The minimum atomic E-state index is -0.486. The Balaban J connectivity index is 2.50. The molecular weight excluding hydrogens is 290 g/mol. The van der Waals surface area contributed by atoms with Gasteiger partial charge in [0, 0.05) is 41.3 Å². The van der Waals surface area contributed by atoms with Gasteiger partial charge >= 0.3 is 0 Å². The number of hydrogen-bond donors (Lipinski definition) is 1. The van der Waals surface area contributed by atoms with Crippen LogP contribution in [0.4, 0.5) is 0 Å². The van der Waals surface area contributed by atoms with E-state index in [1.165, 1.54) is 6.08 Å². The number of rotatable bonds is 6. The summed E-state index contributed by atoms with van der Waals surface area (Å²) in [7, 11) is 0. The molecule has 0 aliphatic carbocycles. The molecule has 0 atom stereocenters. The van der Waals surface area contributed by atoms with E-state index in [4.69, 9.17) is 5.73 Å². The number of fused-ring (bicyclic) bond motifs is 1. The Labute approximate surface area is 136 Å². The third kappa shape index (κ3) is 3.44. The van der Waals surface area contributed by atoms with Crippen LogP contribution in [0.25, 0.3) is 17.0 Å². The Kier molecular flexibility index (Phi) is 5.21. The van der Waals surface area contributed by atoms with E-state index in [1.807, 2.05) is 54.5 Å². The summed E-state index contributed by atoms with van der Waals surface area (Å²) >= 11 is 0. The number of likely N-dealkylation sites (N-methyl/N-ethyl adjacent to an activating group) is 1. The van der Waals surface area contributed by atoms with Crippen molar-refractivity contribution in [2.75, 3.05) is 13.1 Å². The standard InChI is InChI=1S/C18H23N3O2/c1-4-20(5-2)18(23)12-21-13(3)14(10-11-17(19)22)15-8-6-7-9-16(15)21/h6-11H,4-5,12H2,1-3H3,(H2,19,22)/b11-10+. The van der Waals surface area contributed by atoms with Gasteiger partial charge in [0.1, 0.15) is 6.54 Å². The number of nitrogens with zero attached hydrogens (tertiary/aromatic N) is 2. The van der Waals surface area contributed by atoms with E-state index < -0.39 is 5.91 Å². The summed E-state index contributed by atoms with van der Waals surface area (Å²) in [5, 5.41) is 1.01. The molecule has 2 N–H and O–H groups in total. The van der Waals surface area contributed by atoms with Crippen LogP contribution in [0, 0.1) is 6.92 Å². The summed E-state index contributed by atoms with van der Waals surface area (Å²) in [6, 6.07) is 7.86. The summed E-state index contributed by atoms with van der Waals surface area (Å²) < 4.78 is 2.00. The number of aromatic nitrogens is 1. The zero-order valence-electron chi connectivity index (χ0n) is 13.9. The summed E-state index contributed by atoms with van der Waals surface area (Å²) in [4.78, 5) is 25.3. The highest BCUT2D eigenvalue weighted by molar-refractivity contribution is 5.97. The molecule has 0 unspecified atom stereocenters. The van der Waals surface area contributed by atoms with Gasteiger partial charge in [0.2, 0.25) is 11.8 Å². The molecule has 1 aromatic heterocycles. The van der Waals surface area contributed by atoms with Crippen molar-refractivity contribution in [2.45, 2.75) is 27.3 Å². The van der Waals surface area contributed by atoms with E-state index >= 15 is 0 Å². The average molecular weight is 313 g/mol. The maximum atomic E-state index is 12.5. The molecule has 1 heterocycles. The topological polar surface area (TPSA) is 68.3 Å². The second-order valence-corrected chi connectivity index (χ2v) is 5.40. The van der Waals surface area contributed by atoms with Crippen molar-refractivity contribution >= 4 is 28.8 Å². The van der Waals surface area contributed by atoms with Gasteiger partial charge in [0.15, 0.2) is 0 Å². The molecule has 0 saturated heterocycles. The lowest BCUT2D eigenvalue weighted by atomic mass is 10.1. The fourth-order valence-corrected chi connectivity index (χ4v) is 2.85. The van der Waals surface area contributed by atoms with Crippen LogP contribution in [0.5, 0.6) is 0 Å². The van der Waals surface area contributed by atoms with Gasteiger partial charge in [-0.1, -0.05) is 18.2 Å². The lowest BCUT2D eigenvalue weighted by Gasteiger charge is -2.20. The fourth-order valence-electron chi connectivity index (χ4n) is 2.85. The molecule has 2 amide bonds. The minimum absolute atomic E-state index is 0.0873. The molecule has 5 heteroatoms. The van der Waals surface area contributed by atoms with Crippen LogP contribution in [0.1, 0.15) is 25.1 Å². The molecule has 23 heavy (non-hydrogen) atoms. The van der Waals surface area contributed by atoms with Gasteiger partial charge in [-0.05, 0) is 32.9 Å². The van der Waals surface area contributed by atoms with Gasteiger partial charge in [-0.2, -0.15) is 0 Å². The lowest BCUT2D eigenvalue weighted by Crippen LogP contribution is -2.33. The highest BCUT2D eigenvalue weighted by Gasteiger charge is 2.16. The molecule has 0 aliphatic rings. The van der Waals surface area contributed by atoms with Crippen LogP contribution in [0.15, 0.2) is 30.3 Å². The van der Waals surface area contributed by atoms with Crippen molar-refractivity contribution < 1.29 is 9.59 Å². The van der Waals surface area contributed by atoms with Gasteiger partial charge in [-0.15, -0.1) is 0 Å². The molecule has 0 saturated carbocycles. The SMILES string of the molecule is CCN(CC)C(=O)Cn1c(C)c(/C=C/C(N)=O)c2ccccc21. The second kappa shape index (κ2) is 7.13. The molecule has 0 spiro atoms. The smallest absolute Gasteiger partial charge is 0.242 e. The maximum absolute atomic E-state index is 12.5. The van der Waals surface area contributed by atoms with Crippen LogP contribution >= 0.6 is 0 Å². The van der Waals surface area contributed by atoms with Gasteiger partial charge in [0.05, 0.1) is 0 Å². The Bertz CT molecular complexity index is 755. The zero-order chi connectivity index (χ0) is 17.0. The Hall–Kier alpha value is -2.56. The fraction of sp³-hybridized carbons (Fsp3) is 0.333. The molecule has 5 nitrogen and oxygen atoms in total. The second-order valence-electron chi connectivity index (χ2n) is 5.40. The van der Waals surface area contributed by atoms with Crippen molar-refractivity contribution in [1.82, 2.24) is 9.47 Å². The van der Waals surface area contributed by atoms with Crippen molar-refractivity contribution in [3.63, 3.8) is 0 Å². The van der Waals surface area contributed by atoms with Crippen LogP contribution < -0.4 is 5.73 Å². The Morgan fingerprint density at radius 2 is 1.87 bits per heavy atom. The van der Waals surface area contributed by atoms with Crippen LogP contribution in [0.2, 0.25) is 0 Å². The summed E-state index contributed by atoms with van der Waals surface area (Å²) in [6.45, 7) is 7.59. The number of primary amides is 1. The van der Waals surface area contributed by atoms with Gasteiger partial charge in [-0.25, -0.2) is 0 Å².